The van der Waals surface area contributed by atoms with Crippen molar-refractivity contribution in [1.82, 2.24) is 0 Å². The predicted octanol–water partition coefficient (Wildman–Crippen LogP) is 6.26. The van der Waals surface area contributed by atoms with Gasteiger partial charge in [0.2, 0.25) is 0 Å². The molecule has 0 saturated carbocycles. The molecule has 12 nitrogen and oxygen atoms in total. The van der Waals surface area contributed by atoms with Crippen LogP contribution in [0.5, 0.6) is 0 Å². The molecule has 0 aliphatic carbocycles. The van der Waals surface area contributed by atoms with Gasteiger partial charge < -0.3 is 30.6 Å². The number of carboxylic acid groups (broad SMARTS) is 6. The van der Waals surface area contributed by atoms with Gasteiger partial charge in [-0.15, -0.1) is 0 Å². The summed E-state index contributed by atoms with van der Waals surface area (Å²) in [5, 5.41) is 59.6. The van der Waals surface area contributed by atoms with Gasteiger partial charge in [0.15, 0.2) is 0 Å². The van der Waals surface area contributed by atoms with Crippen LogP contribution in [0.1, 0.15) is 62.1 Å². The van der Waals surface area contributed by atoms with Crippen LogP contribution in [0.25, 0.3) is 22.3 Å². The monoisotopic (exact) mass is 806 g/mol. The molecule has 16 heteroatoms. The number of carbonyl (C=O) groups is 6. The molecule has 0 spiro atoms. The zero-order valence-corrected chi connectivity index (χ0v) is 25.3. The fraction of sp³-hybridized carbons (Fsp3) is 0. The van der Waals surface area contributed by atoms with E-state index in [0.717, 1.165) is 24.3 Å². The van der Waals surface area contributed by atoms with Crippen molar-refractivity contribution >= 4 is 99.5 Å². The molecule has 206 valence electrons. The van der Waals surface area contributed by atoms with Crippen LogP contribution < -0.4 is 0 Å². The smallest absolute Gasteiger partial charge is 0.337 e. The van der Waals surface area contributed by atoms with Gasteiger partial charge in [-0.25, -0.2) is 28.8 Å². The van der Waals surface area contributed by atoms with E-state index >= 15 is 0 Å². The summed E-state index contributed by atoms with van der Waals surface area (Å²) in [5.41, 5.74) is -7.58. The van der Waals surface area contributed by atoms with Crippen molar-refractivity contribution in [3.8, 4) is 22.3 Å². The number of carboxylic acids is 6. The molecule has 40 heavy (non-hydrogen) atoms. The summed E-state index contributed by atoms with van der Waals surface area (Å²) < 4.78 is -1.01. The Kier molecular flexibility index (Phi) is 8.88. The molecule has 0 fully saturated rings. The second kappa shape index (κ2) is 11.5. The summed E-state index contributed by atoms with van der Waals surface area (Å²) in [5.74, 6) is -10.7. The molecule has 0 aliphatic rings. The SMILES string of the molecule is O=C(O)c1cccc(-c2c(Br)c(Br)c(C(=O)O)c(C(=O)O)c2-c2c(Br)c(Br)cc(C(=O)O)c2C(=O)O)c1C(=O)O. The van der Waals surface area contributed by atoms with Crippen molar-refractivity contribution in [2.24, 2.45) is 0 Å². The van der Waals surface area contributed by atoms with Crippen molar-refractivity contribution in [2.45, 2.75) is 0 Å². The average molecular weight is 810 g/mol. The van der Waals surface area contributed by atoms with Crippen LogP contribution in [-0.2, 0) is 0 Å². The first kappa shape index (κ1) is 30.9. The molecule has 0 unspecified atom stereocenters. The third-order valence-electron chi connectivity index (χ3n) is 5.50. The van der Waals surface area contributed by atoms with Crippen LogP contribution in [0.2, 0.25) is 0 Å². The van der Waals surface area contributed by atoms with Crippen LogP contribution in [0.4, 0.5) is 0 Å². The van der Waals surface area contributed by atoms with E-state index in [-0.39, 0.29) is 13.4 Å². The lowest BCUT2D eigenvalue weighted by atomic mass is 9.82. The van der Waals surface area contributed by atoms with Crippen LogP contribution in [0, 0.1) is 0 Å². The first-order chi connectivity index (χ1) is 18.5. The molecule has 0 aromatic heterocycles. The minimum Gasteiger partial charge on any atom is -0.478 e. The van der Waals surface area contributed by atoms with Crippen molar-refractivity contribution in [1.29, 1.82) is 0 Å². The Hall–Kier alpha value is -3.60. The molecule has 3 rings (SSSR count). The van der Waals surface area contributed by atoms with E-state index in [9.17, 15) is 59.4 Å². The van der Waals surface area contributed by atoms with Gasteiger partial charge in [-0.2, -0.15) is 0 Å². The van der Waals surface area contributed by atoms with E-state index in [4.69, 9.17) is 0 Å². The van der Waals surface area contributed by atoms with Gasteiger partial charge in [0.25, 0.3) is 0 Å². The Morgan fingerprint density at radius 1 is 0.475 bits per heavy atom. The zero-order chi connectivity index (χ0) is 30.4. The predicted molar refractivity (Wildman–Crippen MR) is 150 cm³/mol. The van der Waals surface area contributed by atoms with Gasteiger partial charge in [0.1, 0.15) is 0 Å². The molecule has 0 heterocycles. The molecule has 0 saturated heterocycles. The summed E-state index contributed by atoms with van der Waals surface area (Å²) in [4.78, 5) is 73.6. The lowest BCUT2D eigenvalue weighted by Gasteiger charge is -2.24. The fourth-order valence-electron chi connectivity index (χ4n) is 4.03. The van der Waals surface area contributed by atoms with Crippen molar-refractivity contribution in [3.63, 3.8) is 0 Å². The molecule has 3 aromatic carbocycles. The second-order valence-electron chi connectivity index (χ2n) is 7.66. The highest BCUT2D eigenvalue weighted by molar-refractivity contribution is 9.13. The van der Waals surface area contributed by atoms with E-state index in [2.05, 4.69) is 63.7 Å². The summed E-state index contributed by atoms with van der Waals surface area (Å²) in [6, 6.07) is 4.11. The van der Waals surface area contributed by atoms with E-state index < -0.39 is 95.9 Å². The topological polar surface area (TPSA) is 224 Å². The number of hydrogen-bond acceptors (Lipinski definition) is 6. The summed E-state index contributed by atoms with van der Waals surface area (Å²) in [6.45, 7) is 0. The molecule has 0 atom stereocenters. The Morgan fingerprint density at radius 3 is 1.43 bits per heavy atom. The number of benzene rings is 3. The van der Waals surface area contributed by atoms with E-state index in [1.165, 1.54) is 0 Å². The molecule has 0 bridgehead atoms. The maximum Gasteiger partial charge on any atom is 0.337 e. The third kappa shape index (κ3) is 5.14. The van der Waals surface area contributed by atoms with E-state index in [1.54, 1.807) is 0 Å². The molecule has 3 aromatic rings. The lowest BCUT2D eigenvalue weighted by molar-refractivity contribution is 0.0649. The van der Waals surface area contributed by atoms with Gasteiger partial charge in [-0.3, -0.25) is 0 Å². The maximum atomic E-state index is 12.7. The van der Waals surface area contributed by atoms with E-state index in [0.29, 0.717) is 0 Å². The first-order valence-electron chi connectivity index (χ1n) is 10.1. The third-order valence-corrected chi connectivity index (χ3v) is 9.60. The van der Waals surface area contributed by atoms with Crippen molar-refractivity contribution in [3.05, 3.63) is 75.5 Å². The molecular formula is C24H10Br4O12. The van der Waals surface area contributed by atoms with Gasteiger partial charge in [0.05, 0.1) is 33.4 Å². The van der Waals surface area contributed by atoms with E-state index in [1.807, 2.05) is 0 Å². The quantitative estimate of drug-likeness (QED) is 0.148. The lowest BCUT2D eigenvalue weighted by Crippen LogP contribution is -2.17. The van der Waals surface area contributed by atoms with Crippen LogP contribution in [-0.4, -0.2) is 66.5 Å². The van der Waals surface area contributed by atoms with Gasteiger partial charge in [-0.05, 0) is 81.4 Å². The van der Waals surface area contributed by atoms with Crippen LogP contribution in [0.3, 0.4) is 0 Å². The van der Waals surface area contributed by atoms with Gasteiger partial charge >= 0.3 is 35.8 Å². The van der Waals surface area contributed by atoms with Crippen LogP contribution in [0.15, 0.2) is 42.2 Å². The number of rotatable bonds is 8. The highest BCUT2D eigenvalue weighted by Crippen LogP contribution is 2.51. The maximum absolute atomic E-state index is 12.7. The zero-order valence-electron chi connectivity index (χ0n) is 19.0. The highest BCUT2D eigenvalue weighted by Gasteiger charge is 2.37. The number of hydrogen-bond donors (Lipinski definition) is 6. The Balaban J connectivity index is 2.90. The molecule has 0 aliphatic heterocycles. The number of aromatic carboxylic acids is 6. The molecular weight excluding hydrogens is 800 g/mol. The Morgan fingerprint density at radius 2 is 0.975 bits per heavy atom. The van der Waals surface area contributed by atoms with Crippen molar-refractivity contribution in [2.75, 3.05) is 0 Å². The number of halogens is 4. The molecule has 0 amide bonds. The minimum absolute atomic E-state index is 0.0825. The summed E-state index contributed by atoms with van der Waals surface area (Å²) in [6.07, 6.45) is 0. The Labute approximate surface area is 255 Å². The normalized spacial score (nSPS) is 10.7. The van der Waals surface area contributed by atoms with Gasteiger partial charge in [-0.1, -0.05) is 12.1 Å². The first-order valence-corrected chi connectivity index (χ1v) is 13.3. The largest absolute Gasteiger partial charge is 0.478 e. The standard InChI is InChI=1S/C24H10Br4O12/c25-8-4-7(20(31)32)11(22(35)36)13(16(8)26)12-10(5-2-1-3-6(19(29)30)9(5)21(33)34)17(27)18(28)15(24(39)40)14(12)23(37)38/h1-4H,(H,29,30)(H,31,32)(H,33,34)(H,35,36)(H,37,38)(H,39,40). The summed E-state index contributed by atoms with van der Waals surface area (Å²) >= 11 is 12.3. The van der Waals surface area contributed by atoms with Crippen molar-refractivity contribution < 1.29 is 59.4 Å². The second-order valence-corrected chi connectivity index (χ2v) is 10.9. The summed E-state index contributed by atoms with van der Waals surface area (Å²) in [7, 11) is 0. The molecule has 0 radical (unpaired) electrons. The minimum atomic E-state index is -1.91. The highest BCUT2D eigenvalue weighted by atomic mass is 79.9. The Bertz CT molecular complexity index is 1710. The van der Waals surface area contributed by atoms with Gasteiger partial charge in [0, 0.05) is 34.6 Å². The fourth-order valence-corrected chi connectivity index (χ4v) is 6.14. The molecule has 6 N–H and O–H groups in total. The van der Waals surface area contributed by atoms with Crippen LogP contribution >= 0.6 is 63.7 Å². The average Bonchev–Trinajstić information content (AvgIpc) is 2.85.